The lowest BCUT2D eigenvalue weighted by atomic mass is 9.96. The molecule has 11 aromatic rings. The average Bonchev–Trinajstić information content (AvgIpc) is 3.72. The third-order valence-corrected chi connectivity index (χ3v) is 11.5. The van der Waals surface area contributed by atoms with Crippen LogP contribution in [0.5, 0.6) is 0 Å². The first-order chi connectivity index (χ1) is 27.5. The molecule has 11 rings (SSSR count). The lowest BCUT2D eigenvalue weighted by Crippen LogP contribution is -2.21. The van der Waals surface area contributed by atoms with Gasteiger partial charge in [-0.15, -0.1) is 0 Å². The molecule has 0 saturated carbocycles. The normalized spacial score (nSPS) is 11.9. The smallest absolute Gasteiger partial charge is 0.266 e. The molecule has 0 unspecified atom stereocenters. The summed E-state index contributed by atoms with van der Waals surface area (Å²) in [6, 6.07) is 57.4. The summed E-state index contributed by atoms with van der Waals surface area (Å²) >= 11 is 0. The van der Waals surface area contributed by atoms with Crippen molar-refractivity contribution in [2.24, 2.45) is 0 Å². The summed E-state index contributed by atoms with van der Waals surface area (Å²) in [5, 5.41) is 3.57. The lowest BCUT2D eigenvalue weighted by Gasteiger charge is -2.13. The number of hydrogen-bond donors (Lipinski definition) is 0. The molecule has 6 nitrogen and oxygen atoms in total. The molecule has 266 valence electrons. The van der Waals surface area contributed by atoms with Gasteiger partial charge in [-0.3, -0.25) is 27.5 Å². The highest BCUT2D eigenvalue weighted by Crippen LogP contribution is 2.38. The van der Waals surface area contributed by atoms with Crippen molar-refractivity contribution in [2.45, 2.75) is 13.8 Å². The van der Waals surface area contributed by atoms with Gasteiger partial charge in [0.1, 0.15) is 11.3 Å². The topological polar surface area (TPSA) is 52.8 Å². The quantitative estimate of drug-likeness (QED) is 0.182. The molecular formula is C50H34N4O2. The first kappa shape index (κ1) is 32.0. The Balaban J connectivity index is 1.10. The first-order valence-electron chi connectivity index (χ1n) is 18.9. The van der Waals surface area contributed by atoms with Gasteiger partial charge in [-0.1, -0.05) is 109 Å². The highest BCUT2D eigenvalue weighted by molar-refractivity contribution is 6.05. The number of aromatic nitrogens is 4. The van der Waals surface area contributed by atoms with Crippen LogP contribution in [-0.2, 0) is 0 Å². The van der Waals surface area contributed by atoms with Gasteiger partial charge in [0.15, 0.2) is 0 Å². The Bertz CT molecular complexity index is 3520. The maximum absolute atomic E-state index is 14.1. The van der Waals surface area contributed by atoms with Crippen LogP contribution < -0.4 is 11.1 Å². The summed E-state index contributed by atoms with van der Waals surface area (Å²) in [5.74, 6) is 0. The monoisotopic (exact) mass is 722 g/mol. The van der Waals surface area contributed by atoms with Crippen LogP contribution in [0.3, 0.4) is 0 Å². The van der Waals surface area contributed by atoms with E-state index in [1.807, 2.05) is 118 Å². The molecule has 4 heterocycles. The van der Waals surface area contributed by atoms with Crippen molar-refractivity contribution in [3.05, 3.63) is 202 Å². The van der Waals surface area contributed by atoms with E-state index >= 15 is 0 Å². The molecule has 0 amide bonds. The van der Waals surface area contributed by atoms with Gasteiger partial charge >= 0.3 is 0 Å². The lowest BCUT2D eigenvalue weighted by molar-refractivity contribution is 1.00. The first-order valence-corrected chi connectivity index (χ1v) is 18.9. The number of benzene rings is 7. The zero-order chi connectivity index (χ0) is 37.7. The maximum atomic E-state index is 14.1. The van der Waals surface area contributed by atoms with Crippen molar-refractivity contribution in [1.82, 2.24) is 17.9 Å². The number of hydrogen-bond acceptors (Lipinski definition) is 2. The Hall–Kier alpha value is -7.44. The third kappa shape index (κ3) is 4.44. The molecule has 0 aliphatic rings. The highest BCUT2D eigenvalue weighted by Gasteiger charge is 2.22. The van der Waals surface area contributed by atoms with Crippen molar-refractivity contribution < 1.29 is 0 Å². The van der Waals surface area contributed by atoms with Crippen LogP contribution in [0.2, 0.25) is 0 Å². The summed E-state index contributed by atoms with van der Waals surface area (Å²) in [7, 11) is 0. The van der Waals surface area contributed by atoms with Crippen LogP contribution >= 0.6 is 0 Å². The van der Waals surface area contributed by atoms with Gasteiger partial charge < -0.3 is 0 Å². The fourth-order valence-electron chi connectivity index (χ4n) is 9.00. The van der Waals surface area contributed by atoms with Crippen LogP contribution in [-0.4, -0.2) is 17.9 Å². The van der Waals surface area contributed by atoms with E-state index in [2.05, 4.69) is 83.3 Å². The molecule has 0 aliphatic carbocycles. The van der Waals surface area contributed by atoms with Crippen molar-refractivity contribution in [1.29, 1.82) is 0 Å². The molecule has 0 fully saturated rings. The van der Waals surface area contributed by atoms with E-state index in [9.17, 15) is 9.59 Å². The van der Waals surface area contributed by atoms with Gasteiger partial charge in [-0.2, -0.15) is 0 Å². The largest absolute Gasteiger partial charge is 0.294 e. The average molecular weight is 723 g/mol. The van der Waals surface area contributed by atoms with E-state index in [4.69, 9.17) is 0 Å². The van der Waals surface area contributed by atoms with Crippen LogP contribution in [0.25, 0.3) is 88.5 Å². The van der Waals surface area contributed by atoms with Crippen molar-refractivity contribution in [3.63, 3.8) is 0 Å². The molecule has 56 heavy (non-hydrogen) atoms. The second-order valence-electron chi connectivity index (χ2n) is 14.6. The number of nitrogens with zero attached hydrogens (tertiary/aromatic N) is 4. The highest BCUT2D eigenvalue weighted by atomic mass is 16.1. The molecule has 0 aliphatic heterocycles. The van der Waals surface area contributed by atoms with Crippen LogP contribution in [0.15, 0.2) is 179 Å². The minimum Gasteiger partial charge on any atom is -0.294 e. The van der Waals surface area contributed by atoms with Gasteiger partial charge in [0, 0.05) is 21.9 Å². The SMILES string of the molecule is Cc1c2ccc(-c3ccc(-c4cccc5c4c(C)c4n(-c6ccccc6)c(=O)c6ccccc6n54)cc3)cc2n2c3ccccc3c(=O)n(-c3ccccc3)c12. The fourth-order valence-corrected chi connectivity index (χ4v) is 9.00. The van der Waals surface area contributed by atoms with Gasteiger partial charge in [0.25, 0.3) is 11.1 Å². The van der Waals surface area contributed by atoms with E-state index < -0.39 is 0 Å². The van der Waals surface area contributed by atoms with E-state index in [0.29, 0.717) is 10.8 Å². The van der Waals surface area contributed by atoms with E-state index in [1.54, 1.807) is 0 Å². The van der Waals surface area contributed by atoms with Crippen LogP contribution in [0.1, 0.15) is 11.1 Å². The van der Waals surface area contributed by atoms with Crippen molar-refractivity contribution in [3.8, 4) is 33.6 Å². The van der Waals surface area contributed by atoms with E-state index in [0.717, 1.165) is 88.9 Å². The third-order valence-electron chi connectivity index (χ3n) is 11.5. The molecule has 4 aromatic heterocycles. The minimum absolute atomic E-state index is 0.0288. The van der Waals surface area contributed by atoms with Crippen LogP contribution in [0.4, 0.5) is 0 Å². The Morgan fingerprint density at radius 3 is 1.46 bits per heavy atom. The van der Waals surface area contributed by atoms with Crippen molar-refractivity contribution in [2.75, 3.05) is 0 Å². The van der Waals surface area contributed by atoms with Crippen molar-refractivity contribution >= 4 is 54.9 Å². The van der Waals surface area contributed by atoms with Gasteiger partial charge in [-0.25, -0.2) is 0 Å². The molecule has 0 bridgehead atoms. The standard InChI is InChI=1S/C50H34N4O2/c1-31-38-29-28-35(30-45(38)54-43-22-12-10-19-41(43)49(55)51(47(31)54)36-14-5-3-6-15-36)33-24-26-34(27-25-33)39-20-13-23-44-46(39)32(2)48-52(37-16-7-4-8-17-37)50(56)40-18-9-11-21-42(40)53(44)48/h3-30H,1-2H3. The molecular weight excluding hydrogens is 689 g/mol. The van der Waals surface area contributed by atoms with E-state index in [1.165, 1.54) is 0 Å². The van der Waals surface area contributed by atoms with Gasteiger partial charge in [-0.05, 0) is 96.8 Å². The Labute approximate surface area is 321 Å². The summed E-state index contributed by atoms with van der Waals surface area (Å²) in [4.78, 5) is 28.2. The molecule has 7 aromatic carbocycles. The Kier molecular flexibility index (Phi) is 6.88. The zero-order valence-electron chi connectivity index (χ0n) is 30.8. The Morgan fingerprint density at radius 1 is 0.375 bits per heavy atom. The van der Waals surface area contributed by atoms with Gasteiger partial charge in [0.05, 0.1) is 44.2 Å². The molecule has 0 radical (unpaired) electrons. The molecule has 0 saturated heterocycles. The zero-order valence-corrected chi connectivity index (χ0v) is 30.8. The van der Waals surface area contributed by atoms with Gasteiger partial charge in [0.2, 0.25) is 0 Å². The molecule has 0 N–H and O–H groups in total. The molecule has 0 spiro atoms. The molecule has 6 heteroatoms. The number of para-hydroxylation sites is 4. The maximum Gasteiger partial charge on any atom is 0.266 e. The second-order valence-corrected chi connectivity index (χ2v) is 14.6. The number of aryl methyl sites for hydroxylation is 2. The van der Waals surface area contributed by atoms with E-state index in [-0.39, 0.29) is 11.1 Å². The fraction of sp³-hybridized carbons (Fsp3) is 0.0400. The minimum atomic E-state index is -0.0321. The number of fused-ring (bicyclic) bond motifs is 10. The summed E-state index contributed by atoms with van der Waals surface area (Å²) in [6.45, 7) is 4.24. The molecule has 0 atom stereocenters. The van der Waals surface area contributed by atoms with Crippen LogP contribution in [0, 0.1) is 13.8 Å². The Morgan fingerprint density at radius 2 is 0.857 bits per heavy atom. The summed E-state index contributed by atoms with van der Waals surface area (Å²) in [5.41, 5.74) is 13.7. The second kappa shape index (κ2) is 12.0. The predicted molar refractivity (Wildman–Crippen MR) is 230 cm³/mol. The predicted octanol–water partition coefficient (Wildman–Crippen LogP) is 11.1. The summed E-state index contributed by atoms with van der Waals surface area (Å²) in [6.07, 6.45) is 0. The summed E-state index contributed by atoms with van der Waals surface area (Å²) < 4.78 is 8.19. The number of rotatable bonds is 4.